The van der Waals surface area contributed by atoms with Gasteiger partial charge in [0.15, 0.2) is 0 Å². The highest BCUT2D eigenvalue weighted by Gasteiger charge is 2.42. The lowest BCUT2D eigenvalue weighted by Gasteiger charge is -2.38. The number of aromatic nitrogens is 3. The number of carboxylic acid groups (broad SMARTS) is 1. The highest BCUT2D eigenvalue weighted by Crippen LogP contribution is 2.44. The van der Waals surface area contributed by atoms with Gasteiger partial charge in [0.2, 0.25) is 5.95 Å². The molecule has 12 nitrogen and oxygen atoms in total. The van der Waals surface area contributed by atoms with E-state index in [4.69, 9.17) is 14.6 Å². The number of aliphatic hydroxyl groups is 1. The molecule has 2 N–H and O–H groups in total. The van der Waals surface area contributed by atoms with E-state index in [-0.39, 0.29) is 29.5 Å². The van der Waals surface area contributed by atoms with E-state index in [9.17, 15) is 33.1 Å². The Bertz CT molecular complexity index is 1700. The molecule has 0 spiro atoms. The average molecular weight is 629 g/mol. The SMILES string of the molecule is COC(=O)C1=C(C)N(c2cccc(C(F)(F)F)c2)c2n[nH]c(=O)n2C1c1ccc(C#N)cc1C[N+]1(CCO)CCCC1.O=C[O-]. The number of fused-ring (bicyclic) bond motifs is 1. The number of rotatable bonds is 7. The molecule has 3 heterocycles. The Hall–Kier alpha value is -4.94. The Morgan fingerprint density at radius 3 is 2.56 bits per heavy atom. The number of carbonyl (C=O) groups is 2. The molecule has 238 valence electrons. The van der Waals surface area contributed by atoms with Crippen LogP contribution in [-0.4, -0.2) is 70.1 Å². The molecule has 3 aromatic rings. The van der Waals surface area contributed by atoms with Crippen LogP contribution in [0.15, 0.2) is 58.5 Å². The highest BCUT2D eigenvalue weighted by molar-refractivity contribution is 5.93. The minimum atomic E-state index is -4.62. The molecular weight excluding hydrogens is 597 g/mol. The number of ether oxygens (including phenoxy) is 1. The van der Waals surface area contributed by atoms with Crippen molar-refractivity contribution in [3.63, 3.8) is 0 Å². The van der Waals surface area contributed by atoms with Crippen LogP contribution < -0.4 is 15.7 Å². The lowest BCUT2D eigenvalue weighted by atomic mass is 9.89. The van der Waals surface area contributed by atoms with Gasteiger partial charge in [-0.3, -0.25) is 4.90 Å². The Morgan fingerprint density at radius 1 is 1.27 bits per heavy atom. The second-order valence-electron chi connectivity index (χ2n) is 10.7. The Kier molecular flexibility index (Phi) is 9.79. The van der Waals surface area contributed by atoms with Crippen LogP contribution in [0.5, 0.6) is 0 Å². The molecule has 0 bridgehead atoms. The van der Waals surface area contributed by atoms with Crippen molar-refractivity contribution in [2.24, 2.45) is 0 Å². The zero-order chi connectivity index (χ0) is 32.9. The van der Waals surface area contributed by atoms with Gasteiger partial charge in [-0.15, -0.1) is 5.10 Å². The minimum absolute atomic E-state index is 0.00906. The summed E-state index contributed by atoms with van der Waals surface area (Å²) in [6.07, 6.45) is -2.68. The molecule has 1 aromatic heterocycles. The van der Waals surface area contributed by atoms with Crippen LogP contribution in [0.1, 0.15) is 48.1 Å². The fourth-order valence-electron chi connectivity index (χ4n) is 6.20. The maximum absolute atomic E-state index is 13.6. The normalized spacial score (nSPS) is 17.2. The number of nitrogens with zero attached hydrogens (tertiary/aromatic N) is 5. The highest BCUT2D eigenvalue weighted by atomic mass is 19.4. The van der Waals surface area contributed by atoms with E-state index in [1.54, 1.807) is 25.1 Å². The Morgan fingerprint density at radius 2 is 1.96 bits per heavy atom. The number of benzene rings is 2. The molecule has 1 unspecified atom stereocenters. The van der Waals surface area contributed by atoms with Crippen molar-refractivity contribution in [3.8, 4) is 6.07 Å². The quantitative estimate of drug-likeness (QED) is 0.227. The zero-order valence-corrected chi connectivity index (χ0v) is 24.5. The van der Waals surface area contributed by atoms with Crippen molar-refractivity contribution in [3.05, 3.63) is 86.5 Å². The number of halogens is 3. The first kappa shape index (κ1) is 33.0. The van der Waals surface area contributed by atoms with Gasteiger partial charge in [0.05, 0.1) is 49.6 Å². The summed E-state index contributed by atoms with van der Waals surface area (Å²) in [5.41, 5.74) is 0.358. The number of nitrogens with one attached hydrogen (secondary N) is 1. The molecule has 1 atom stereocenters. The summed E-state index contributed by atoms with van der Waals surface area (Å²) in [6, 6.07) is 10.6. The Labute approximate surface area is 255 Å². The number of hydrogen-bond acceptors (Lipinski definition) is 9. The van der Waals surface area contributed by atoms with Crippen LogP contribution >= 0.6 is 0 Å². The monoisotopic (exact) mass is 628 g/mol. The predicted molar refractivity (Wildman–Crippen MR) is 151 cm³/mol. The van der Waals surface area contributed by atoms with Gasteiger partial charge < -0.3 is 24.2 Å². The zero-order valence-electron chi connectivity index (χ0n) is 24.5. The van der Waals surface area contributed by atoms with Gasteiger partial charge in [-0.25, -0.2) is 19.3 Å². The molecule has 2 aliphatic heterocycles. The van der Waals surface area contributed by atoms with E-state index in [2.05, 4.69) is 16.3 Å². The average Bonchev–Trinajstić information content (AvgIpc) is 3.63. The summed E-state index contributed by atoms with van der Waals surface area (Å²) in [7, 11) is 1.19. The van der Waals surface area contributed by atoms with E-state index in [0.29, 0.717) is 34.3 Å². The van der Waals surface area contributed by atoms with Crippen LogP contribution in [-0.2, 0) is 27.0 Å². The van der Waals surface area contributed by atoms with Gasteiger partial charge in [0.1, 0.15) is 19.1 Å². The molecule has 0 aliphatic carbocycles. The first-order valence-electron chi connectivity index (χ1n) is 13.9. The lowest BCUT2D eigenvalue weighted by Crippen LogP contribution is -2.47. The molecule has 2 aliphatic rings. The topological polar surface area (TPSA) is 164 Å². The number of alkyl halides is 3. The maximum atomic E-state index is 13.6. The number of H-pyrrole nitrogens is 1. The van der Waals surface area contributed by atoms with E-state index >= 15 is 0 Å². The van der Waals surface area contributed by atoms with Crippen molar-refractivity contribution in [2.75, 3.05) is 38.3 Å². The Balaban J connectivity index is 0.00000148. The molecule has 0 amide bonds. The van der Waals surface area contributed by atoms with Crippen LogP contribution in [0.3, 0.4) is 0 Å². The van der Waals surface area contributed by atoms with Gasteiger partial charge >= 0.3 is 17.8 Å². The molecule has 2 aromatic carbocycles. The van der Waals surface area contributed by atoms with Crippen LogP contribution in [0.2, 0.25) is 0 Å². The summed E-state index contributed by atoms with van der Waals surface area (Å²) in [5, 5.41) is 34.3. The number of hydrogen-bond donors (Lipinski definition) is 2. The van der Waals surface area contributed by atoms with Gasteiger partial charge in [-0.1, -0.05) is 12.1 Å². The number of allylic oxidation sites excluding steroid dienone is 1. The minimum Gasteiger partial charge on any atom is -0.554 e. The van der Waals surface area contributed by atoms with Crippen LogP contribution in [0.4, 0.5) is 24.8 Å². The van der Waals surface area contributed by atoms with Crippen molar-refractivity contribution in [1.29, 1.82) is 5.26 Å². The van der Waals surface area contributed by atoms with Gasteiger partial charge in [-0.05, 0) is 42.8 Å². The van der Waals surface area contributed by atoms with Gasteiger partial charge in [-0.2, -0.15) is 18.4 Å². The van der Waals surface area contributed by atoms with E-state index in [0.717, 1.165) is 38.1 Å². The summed E-state index contributed by atoms with van der Waals surface area (Å²) in [6.45, 7) is 3.61. The smallest absolute Gasteiger partial charge is 0.416 e. The van der Waals surface area contributed by atoms with Crippen molar-refractivity contribution < 1.29 is 42.2 Å². The number of aromatic amines is 1. The first-order valence-corrected chi connectivity index (χ1v) is 13.9. The molecule has 15 heteroatoms. The second kappa shape index (κ2) is 13.4. The molecule has 1 saturated heterocycles. The number of quaternary nitrogens is 1. The summed E-state index contributed by atoms with van der Waals surface area (Å²) >= 11 is 0. The molecule has 0 saturated carbocycles. The molecule has 5 rings (SSSR count). The number of nitriles is 1. The van der Waals surface area contributed by atoms with E-state index in [1.807, 2.05) is 0 Å². The summed E-state index contributed by atoms with van der Waals surface area (Å²) in [5.74, 6) is -0.783. The fourth-order valence-corrected chi connectivity index (χ4v) is 6.20. The summed E-state index contributed by atoms with van der Waals surface area (Å²) < 4.78 is 47.8. The van der Waals surface area contributed by atoms with E-state index < -0.39 is 35.9 Å². The number of anilines is 2. The molecular formula is C30H31F3N6O6. The second-order valence-corrected chi connectivity index (χ2v) is 10.7. The standard InChI is InChI=1S/C29H29F3N6O4.CH2O2/c1-18-24(26(40)42-2)25(23-9-8-19(16-33)14-20(23)17-38(12-13-39)10-3-4-11-38)37-27(34-35-28(37)41)36(18)22-7-5-6-21(15-22)29(30,31)32;2-1-3/h5-9,14-15,25,39H,3-4,10-13,17H2,1-2H3;1H,(H,2,3). The van der Waals surface area contributed by atoms with Gasteiger partial charge in [0.25, 0.3) is 0 Å². The van der Waals surface area contributed by atoms with Crippen molar-refractivity contribution >= 4 is 24.1 Å². The third-order valence-electron chi connectivity index (χ3n) is 8.14. The van der Waals surface area contributed by atoms with Crippen LogP contribution in [0, 0.1) is 11.3 Å². The number of carbonyl (C=O) groups excluding carboxylic acids is 2. The van der Waals surface area contributed by atoms with Gasteiger partial charge in [0, 0.05) is 36.3 Å². The third kappa shape index (κ3) is 6.47. The number of aliphatic hydroxyl groups excluding tert-OH is 1. The molecule has 45 heavy (non-hydrogen) atoms. The largest absolute Gasteiger partial charge is 0.554 e. The predicted octanol–water partition coefficient (Wildman–Crippen LogP) is 2.12. The lowest BCUT2D eigenvalue weighted by molar-refractivity contribution is -0.930. The van der Waals surface area contributed by atoms with Crippen molar-refractivity contribution in [2.45, 2.75) is 38.5 Å². The molecule has 1 fully saturated rings. The van der Waals surface area contributed by atoms with Crippen molar-refractivity contribution in [1.82, 2.24) is 14.8 Å². The fraction of sp³-hybridized carbons (Fsp3) is 0.367. The number of likely N-dealkylation sites (tertiary alicyclic amines) is 1. The number of esters is 1. The molecule has 0 radical (unpaired) electrons. The van der Waals surface area contributed by atoms with Crippen LogP contribution in [0.25, 0.3) is 0 Å². The third-order valence-corrected chi connectivity index (χ3v) is 8.14. The summed E-state index contributed by atoms with van der Waals surface area (Å²) in [4.78, 5) is 36.3. The first-order chi connectivity index (χ1) is 21.4. The number of methoxy groups -OCH3 is 1. The maximum Gasteiger partial charge on any atom is 0.416 e. The van der Waals surface area contributed by atoms with E-state index in [1.165, 1.54) is 28.7 Å².